The highest BCUT2D eigenvalue weighted by molar-refractivity contribution is 6.32. The number of benzene rings is 2. The van der Waals surface area contributed by atoms with Crippen molar-refractivity contribution < 1.29 is 27.5 Å². The molecule has 2 aromatic rings. The molecule has 2 aromatic carbocycles. The van der Waals surface area contributed by atoms with Gasteiger partial charge in [-0.3, -0.25) is 9.59 Å². The Kier molecular flexibility index (Phi) is 6.32. The molecule has 0 aliphatic rings. The third-order valence-electron chi connectivity index (χ3n) is 3.49. The fraction of sp³-hybridized carbons (Fsp3) is 0.222. The first-order valence-corrected chi connectivity index (χ1v) is 8.12. The van der Waals surface area contributed by atoms with Crippen LogP contribution in [0.1, 0.15) is 11.1 Å². The Morgan fingerprint density at radius 2 is 1.56 bits per heavy atom. The molecule has 9 heteroatoms. The third-order valence-corrected chi connectivity index (χ3v) is 4.08. The van der Waals surface area contributed by atoms with Gasteiger partial charge < -0.3 is 15.4 Å². The second-order valence-corrected chi connectivity index (χ2v) is 6.08. The number of ether oxygens (including phenoxy) is 1. The normalized spacial score (nSPS) is 11.0. The molecule has 2 rings (SSSR count). The number of carbonyl (C=O) groups is 2. The zero-order valence-corrected chi connectivity index (χ0v) is 15.2. The van der Waals surface area contributed by atoms with Crippen LogP contribution in [0.25, 0.3) is 0 Å². The van der Waals surface area contributed by atoms with E-state index >= 15 is 0 Å². The summed E-state index contributed by atoms with van der Waals surface area (Å²) in [5.41, 5.74) is 1.41. The first-order valence-electron chi connectivity index (χ1n) is 7.74. The van der Waals surface area contributed by atoms with Crippen LogP contribution in [0.5, 0.6) is 5.75 Å². The summed E-state index contributed by atoms with van der Waals surface area (Å²) >= 11 is 6.06. The molecule has 2 N–H and O–H groups in total. The van der Waals surface area contributed by atoms with Crippen molar-refractivity contribution in [2.75, 3.05) is 17.2 Å². The van der Waals surface area contributed by atoms with E-state index < -0.39 is 18.0 Å². The lowest BCUT2D eigenvalue weighted by Crippen LogP contribution is -2.30. The maximum Gasteiger partial charge on any atom is 0.471 e. The van der Waals surface area contributed by atoms with Gasteiger partial charge in [0, 0.05) is 5.02 Å². The fourth-order valence-electron chi connectivity index (χ4n) is 2.22. The van der Waals surface area contributed by atoms with Crippen LogP contribution in [-0.2, 0) is 9.59 Å². The van der Waals surface area contributed by atoms with Gasteiger partial charge in [-0.1, -0.05) is 23.7 Å². The summed E-state index contributed by atoms with van der Waals surface area (Å²) in [6, 6.07) is 8.87. The number of alkyl halides is 3. The van der Waals surface area contributed by atoms with E-state index in [1.807, 2.05) is 0 Å². The number of para-hydroxylation sites is 2. The molecule has 2 amide bonds. The van der Waals surface area contributed by atoms with Crippen LogP contribution in [0.15, 0.2) is 36.4 Å². The van der Waals surface area contributed by atoms with Gasteiger partial charge in [0.2, 0.25) is 0 Å². The molecular formula is C18H16ClF3N2O3. The number of nitrogens with one attached hydrogen (secondary N) is 2. The highest BCUT2D eigenvalue weighted by Crippen LogP contribution is 2.26. The van der Waals surface area contributed by atoms with E-state index in [-0.39, 0.29) is 18.0 Å². The lowest BCUT2D eigenvalue weighted by atomic mass is 10.1. The van der Waals surface area contributed by atoms with Gasteiger partial charge in [-0.15, -0.1) is 0 Å². The highest BCUT2D eigenvalue weighted by Gasteiger charge is 2.39. The van der Waals surface area contributed by atoms with Crippen molar-refractivity contribution in [3.8, 4) is 5.75 Å². The number of hydrogen-bond acceptors (Lipinski definition) is 3. The minimum absolute atomic E-state index is 0.0205. The second kappa shape index (κ2) is 8.30. The van der Waals surface area contributed by atoms with Crippen molar-refractivity contribution in [3.05, 3.63) is 52.5 Å². The average molecular weight is 401 g/mol. The topological polar surface area (TPSA) is 67.4 Å². The van der Waals surface area contributed by atoms with E-state index in [0.29, 0.717) is 10.8 Å². The Morgan fingerprint density at radius 1 is 1.04 bits per heavy atom. The van der Waals surface area contributed by atoms with Crippen LogP contribution < -0.4 is 15.4 Å². The van der Waals surface area contributed by atoms with Gasteiger partial charge >= 0.3 is 12.1 Å². The zero-order chi connectivity index (χ0) is 20.2. The molecule has 0 heterocycles. The molecule has 0 aliphatic carbocycles. The van der Waals surface area contributed by atoms with Crippen LogP contribution in [0.4, 0.5) is 24.5 Å². The first-order chi connectivity index (χ1) is 12.6. The highest BCUT2D eigenvalue weighted by atomic mass is 35.5. The summed E-state index contributed by atoms with van der Waals surface area (Å²) in [6.07, 6.45) is -5.04. The van der Waals surface area contributed by atoms with E-state index in [2.05, 4.69) is 5.32 Å². The smallest absolute Gasteiger partial charge is 0.471 e. The summed E-state index contributed by atoms with van der Waals surface area (Å²) in [6.45, 7) is 3.21. The van der Waals surface area contributed by atoms with E-state index in [1.165, 1.54) is 24.3 Å². The van der Waals surface area contributed by atoms with Crippen molar-refractivity contribution in [1.29, 1.82) is 0 Å². The molecule has 5 nitrogen and oxygen atoms in total. The van der Waals surface area contributed by atoms with Gasteiger partial charge in [0.15, 0.2) is 6.61 Å². The number of amides is 2. The standard InChI is InChI=1S/C18H16ClF3N2O3/c1-10-7-12(8-11(2)16(10)19)27-9-15(25)23-13-5-3-4-6-14(13)24-17(26)18(20,21)22/h3-8H,9H2,1-2H3,(H,23,25)(H,24,26). The minimum atomic E-state index is -5.04. The van der Waals surface area contributed by atoms with Crippen molar-refractivity contribution >= 4 is 34.8 Å². The molecule has 0 radical (unpaired) electrons. The minimum Gasteiger partial charge on any atom is -0.484 e. The summed E-state index contributed by atoms with van der Waals surface area (Å²) in [5.74, 6) is -2.30. The Hall–Kier alpha value is -2.74. The molecule has 144 valence electrons. The van der Waals surface area contributed by atoms with E-state index in [9.17, 15) is 22.8 Å². The van der Waals surface area contributed by atoms with Crippen LogP contribution in [-0.4, -0.2) is 24.6 Å². The summed E-state index contributed by atoms with van der Waals surface area (Å²) in [4.78, 5) is 23.2. The van der Waals surface area contributed by atoms with E-state index in [1.54, 1.807) is 31.3 Å². The molecule has 0 atom stereocenters. The average Bonchev–Trinajstić information content (AvgIpc) is 2.58. The van der Waals surface area contributed by atoms with Gasteiger partial charge in [0.1, 0.15) is 5.75 Å². The Bertz CT molecular complexity index is 846. The maximum atomic E-state index is 12.4. The van der Waals surface area contributed by atoms with Crippen molar-refractivity contribution in [1.82, 2.24) is 0 Å². The van der Waals surface area contributed by atoms with E-state index in [0.717, 1.165) is 11.1 Å². The Balaban J connectivity index is 2.03. The van der Waals surface area contributed by atoms with Gasteiger partial charge in [0.25, 0.3) is 5.91 Å². The van der Waals surface area contributed by atoms with Crippen LogP contribution >= 0.6 is 11.6 Å². The van der Waals surface area contributed by atoms with Crippen molar-refractivity contribution in [2.24, 2.45) is 0 Å². The molecule has 0 aromatic heterocycles. The number of anilines is 2. The first kappa shape index (κ1) is 20.6. The predicted octanol–water partition coefficient (Wildman–Crippen LogP) is 4.48. The zero-order valence-electron chi connectivity index (χ0n) is 14.4. The Labute approximate surface area is 158 Å². The fourth-order valence-corrected chi connectivity index (χ4v) is 2.33. The molecule has 0 spiro atoms. The maximum absolute atomic E-state index is 12.4. The van der Waals surface area contributed by atoms with E-state index in [4.69, 9.17) is 16.3 Å². The van der Waals surface area contributed by atoms with Crippen LogP contribution in [0.2, 0.25) is 5.02 Å². The SMILES string of the molecule is Cc1cc(OCC(=O)Nc2ccccc2NC(=O)C(F)(F)F)cc(C)c1Cl. The van der Waals surface area contributed by atoms with Gasteiger partial charge in [0.05, 0.1) is 11.4 Å². The summed E-state index contributed by atoms with van der Waals surface area (Å²) in [5, 5.41) is 4.72. The molecule has 0 aliphatic heterocycles. The van der Waals surface area contributed by atoms with Crippen molar-refractivity contribution in [2.45, 2.75) is 20.0 Å². The molecule has 0 saturated carbocycles. The molecule has 0 saturated heterocycles. The molecule has 0 fully saturated rings. The third kappa shape index (κ3) is 5.62. The Morgan fingerprint density at radius 3 is 2.07 bits per heavy atom. The predicted molar refractivity (Wildman–Crippen MR) is 96.2 cm³/mol. The molecule has 27 heavy (non-hydrogen) atoms. The van der Waals surface area contributed by atoms with Crippen LogP contribution in [0.3, 0.4) is 0 Å². The summed E-state index contributed by atoms with van der Waals surface area (Å²) in [7, 11) is 0. The molecule has 0 unspecified atom stereocenters. The van der Waals surface area contributed by atoms with Gasteiger partial charge in [-0.25, -0.2) is 0 Å². The number of carbonyl (C=O) groups excluding carboxylic acids is 2. The van der Waals surface area contributed by atoms with Crippen molar-refractivity contribution in [3.63, 3.8) is 0 Å². The number of halogens is 4. The second-order valence-electron chi connectivity index (χ2n) is 5.71. The lowest BCUT2D eigenvalue weighted by molar-refractivity contribution is -0.167. The van der Waals surface area contributed by atoms with Gasteiger partial charge in [-0.05, 0) is 49.2 Å². The van der Waals surface area contributed by atoms with Crippen LogP contribution in [0, 0.1) is 13.8 Å². The molecule has 0 bridgehead atoms. The van der Waals surface area contributed by atoms with Gasteiger partial charge in [-0.2, -0.15) is 13.2 Å². The largest absolute Gasteiger partial charge is 0.484 e. The monoisotopic (exact) mass is 400 g/mol. The lowest BCUT2D eigenvalue weighted by Gasteiger charge is -2.14. The number of rotatable bonds is 5. The number of hydrogen-bond donors (Lipinski definition) is 2. The number of aryl methyl sites for hydroxylation is 2. The molecular weight excluding hydrogens is 385 g/mol. The summed E-state index contributed by atoms with van der Waals surface area (Å²) < 4.78 is 42.6. The quantitative estimate of drug-likeness (QED) is 0.777.